The normalized spacial score (nSPS) is 26.9. The van der Waals surface area contributed by atoms with E-state index in [0.717, 1.165) is 44.6 Å². The van der Waals surface area contributed by atoms with Gasteiger partial charge in [0.2, 0.25) is 5.91 Å². The maximum Gasteiger partial charge on any atom is 0.404 e. The number of anilines is 1. The van der Waals surface area contributed by atoms with E-state index in [1.807, 2.05) is 37.2 Å². The minimum Gasteiger partial charge on any atom is -0.465 e. The van der Waals surface area contributed by atoms with E-state index < -0.39 is 32.4 Å². The van der Waals surface area contributed by atoms with Crippen molar-refractivity contribution in [3.05, 3.63) is 72.1 Å². The number of amides is 2. The summed E-state index contributed by atoms with van der Waals surface area (Å²) in [6.07, 6.45) is 5.86. The molecule has 2 amide bonds. The van der Waals surface area contributed by atoms with Crippen LogP contribution in [0.3, 0.4) is 0 Å². The number of piperidine rings is 1. The molecule has 1 aliphatic carbocycles. The number of carbonyl (C=O) groups is 2. The van der Waals surface area contributed by atoms with Gasteiger partial charge < -0.3 is 25.1 Å². The first-order valence-corrected chi connectivity index (χ1v) is 20.4. The topological polar surface area (TPSA) is 137 Å². The van der Waals surface area contributed by atoms with Crippen LogP contribution in [-0.2, 0) is 20.0 Å². The third kappa shape index (κ3) is 7.96. The molecule has 4 aliphatic rings. The van der Waals surface area contributed by atoms with Crippen LogP contribution in [0.1, 0.15) is 51.5 Å². The second kappa shape index (κ2) is 15.8. The van der Waals surface area contributed by atoms with Gasteiger partial charge in [-0.3, -0.25) is 9.69 Å². The molecule has 2 aromatic rings. The minimum atomic E-state index is -3.55. The highest BCUT2D eigenvalue weighted by Crippen LogP contribution is 2.52. The van der Waals surface area contributed by atoms with Crippen molar-refractivity contribution in [1.82, 2.24) is 20.0 Å². The van der Waals surface area contributed by atoms with E-state index >= 15 is 0 Å². The van der Waals surface area contributed by atoms with Gasteiger partial charge in [-0.15, -0.1) is 0 Å². The third-order valence-corrected chi connectivity index (χ3v) is 14.3. The lowest BCUT2D eigenvalue weighted by atomic mass is 9.58. The Labute approximate surface area is 313 Å². The van der Waals surface area contributed by atoms with Crippen molar-refractivity contribution in [2.45, 2.75) is 79.6 Å². The molecule has 3 aliphatic heterocycles. The molecule has 0 bridgehead atoms. The van der Waals surface area contributed by atoms with Crippen molar-refractivity contribution in [3.63, 3.8) is 0 Å². The Hall–Kier alpha value is -3.99. The van der Waals surface area contributed by atoms with E-state index in [0.29, 0.717) is 30.9 Å². The number of carbonyl (C=O) groups excluding carboxylic acids is 1. The highest BCUT2D eigenvalue weighted by atomic mass is 32.2. The first-order chi connectivity index (χ1) is 25.2. The lowest BCUT2D eigenvalue weighted by Gasteiger charge is -2.52. The quantitative estimate of drug-likeness (QED) is 0.295. The molecule has 2 N–H and O–H groups in total. The van der Waals surface area contributed by atoms with Crippen molar-refractivity contribution >= 4 is 27.5 Å². The minimum absolute atomic E-state index is 0.0714. The van der Waals surface area contributed by atoms with Gasteiger partial charge in [0.25, 0.3) is 0 Å². The van der Waals surface area contributed by atoms with Crippen molar-refractivity contribution in [2.75, 3.05) is 58.3 Å². The monoisotopic (exact) mass is 748 g/mol. The summed E-state index contributed by atoms with van der Waals surface area (Å²) in [5.74, 6) is -0.461. The highest BCUT2D eigenvalue weighted by molar-refractivity contribution is 7.92. The van der Waals surface area contributed by atoms with E-state index in [9.17, 15) is 32.8 Å². The lowest BCUT2D eigenvalue weighted by Crippen LogP contribution is -2.59. The third-order valence-electron chi connectivity index (χ3n) is 12.2. The number of sulfone groups is 1. The van der Waals surface area contributed by atoms with Gasteiger partial charge in [-0.05, 0) is 102 Å². The molecule has 0 radical (unpaired) electrons. The first kappa shape index (κ1) is 38.7. The van der Waals surface area contributed by atoms with Gasteiger partial charge in [0.05, 0.1) is 16.4 Å². The molecule has 3 heterocycles. The van der Waals surface area contributed by atoms with Crippen molar-refractivity contribution in [3.8, 4) is 6.07 Å². The molecular weight excluding hydrogens is 696 g/mol. The summed E-state index contributed by atoms with van der Waals surface area (Å²) in [4.78, 5) is 32.7. The van der Waals surface area contributed by atoms with Crippen LogP contribution in [0.4, 0.5) is 14.9 Å². The number of rotatable bonds is 12. The summed E-state index contributed by atoms with van der Waals surface area (Å²) < 4.78 is 41.2. The van der Waals surface area contributed by atoms with E-state index in [-0.39, 0.29) is 53.9 Å². The number of nitrogens with zero attached hydrogens (tertiary/aromatic N) is 5. The fourth-order valence-electron chi connectivity index (χ4n) is 9.45. The second-order valence-electron chi connectivity index (χ2n) is 16.0. The summed E-state index contributed by atoms with van der Waals surface area (Å²) >= 11 is 0. The molecule has 1 saturated carbocycles. The molecule has 4 fully saturated rings. The van der Waals surface area contributed by atoms with Gasteiger partial charge in [0.15, 0.2) is 9.84 Å². The molecule has 13 heteroatoms. The summed E-state index contributed by atoms with van der Waals surface area (Å²) in [7, 11) is 0.281. The molecule has 0 aromatic heterocycles. The van der Waals surface area contributed by atoms with Gasteiger partial charge in [0.1, 0.15) is 11.1 Å². The smallest absolute Gasteiger partial charge is 0.404 e. The van der Waals surface area contributed by atoms with Gasteiger partial charge in [-0.25, -0.2) is 17.6 Å². The van der Waals surface area contributed by atoms with Crippen LogP contribution in [0.15, 0.2) is 65.6 Å². The first-order valence-electron chi connectivity index (χ1n) is 18.8. The Morgan fingerprint density at radius 3 is 2.34 bits per heavy atom. The summed E-state index contributed by atoms with van der Waals surface area (Å²) in [6.45, 7) is 8.03. The summed E-state index contributed by atoms with van der Waals surface area (Å²) in [6, 6.07) is 16.1. The maximum atomic E-state index is 14.7. The van der Waals surface area contributed by atoms with Crippen LogP contribution in [-0.4, -0.2) is 117 Å². The van der Waals surface area contributed by atoms with E-state index in [1.54, 1.807) is 29.2 Å². The number of hydrogen-bond acceptors (Lipinski definition) is 8. The van der Waals surface area contributed by atoms with Crippen LogP contribution in [0.2, 0.25) is 0 Å². The van der Waals surface area contributed by atoms with Crippen molar-refractivity contribution in [2.24, 2.45) is 17.8 Å². The molecule has 53 heavy (non-hydrogen) atoms. The van der Waals surface area contributed by atoms with Gasteiger partial charge in [0, 0.05) is 81.0 Å². The zero-order chi connectivity index (χ0) is 38.1. The molecule has 11 nitrogen and oxygen atoms in total. The Balaban J connectivity index is 1.05. The molecule has 1 unspecified atom stereocenters. The van der Waals surface area contributed by atoms with Crippen LogP contribution < -0.4 is 10.2 Å². The lowest BCUT2D eigenvalue weighted by molar-refractivity contribution is -0.129. The zero-order valence-corrected chi connectivity index (χ0v) is 32.0. The zero-order valence-electron chi connectivity index (χ0n) is 31.2. The van der Waals surface area contributed by atoms with Gasteiger partial charge >= 0.3 is 6.09 Å². The number of halogens is 1. The average molecular weight is 749 g/mol. The Morgan fingerprint density at radius 1 is 1.06 bits per heavy atom. The molecule has 6 atom stereocenters. The number of carboxylic acid groups (broad SMARTS) is 1. The van der Waals surface area contributed by atoms with E-state index in [1.165, 1.54) is 18.2 Å². The molecule has 6 rings (SSSR count). The fraction of sp³-hybridized carbons (Fsp3) is 0.575. The van der Waals surface area contributed by atoms with Crippen LogP contribution in [0, 0.1) is 34.9 Å². The van der Waals surface area contributed by atoms with Crippen molar-refractivity contribution in [1.29, 1.82) is 5.26 Å². The highest BCUT2D eigenvalue weighted by Gasteiger charge is 2.54. The van der Waals surface area contributed by atoms with E-state index in [2.05, 4.69) is 35.0 Å². The largest absolute Gasteiger partial charge is 0.465 e. The Kier molecular flexibility index (Phi) is 11.5. The molecule has 286 valence electrons. The predicted molar refractivity (Wildman–Crippen MR) is 202 cm³/mol. The summed E-state index contributed by atoms with van der Waals surface area (Å²) in [5.41, 5.74) is 0.599. The standard InChI is InChI=1S/C40H53FN6O5S/c1-27-18-31(40(26-42,30-8-5-9-32(41)20-30)36-10-6-11-37(36)43-39(49)50)19-28(2)47(27)23-29-21-45(22-29)33-13-15-34(16-14-33)53(51,52)35-24-46(25-35)38(48)12-7-17-44(3)4/h5,7-9,12-16,20,27-29,31,35-37,43H,6,10-11,17-19,21-25H2,1-4H3,(H,49,50)/b12-7+/t27-,28+,31?,36-,37-,40+/m0/s1. The van der Waals surface area contributed by atoms with E-state index in [4.69, 9.17) is 0 Å². The number of benzene rings is 2. The number of nitriles is 1. The Bertz CT molecular complexity index is 1810. The number of likely N-dealkylation sites (tertiary alicyclic amines) is 2. The van der Waals surface area contributed by atoms with Gasteiger partial charge in [-0.1, -0.05) is 24.6 Å². The molecular formula is C40H53FN6O5S. The van der Waals surface area contributed by atoms with Crippen LogP contribution >= 0.6 is 0 Å². The number of hydrogen-bond donors (Lipinski definition) is 2. The van der Waals surface area contributed by atoms with Crippen LogP contribution in [0.25, 0.3) is 0 Å². The number of likely N-dealkylation sites (N-methyl/N-ethyl adjacent to an activating group) is 1. The molecule has 3 saturated heterocycles. The SMILES string of the molecule is C[C@@H]1CC([C@@](C#N)(c2cccc(F)c2)[C@H]2CCC[C@@H]2NC(=O)O)C[C@H](C)N1CC1CN(c2ccc(S(=O)(=O)C3CN(C(=O)/C=C/CN(C)C)C3)cc2)C1. The molecule has 2 aromatic carbocycles. The van der Waals surface area contributed by atoms with Crippen molar-refractivity contribution < 1.29 is 27.5 Å². The molecule has 0 spiro atoms. The second-order valence-corrected chi connectivity index (χ2v) is 18.2. The predicted octanol–water partition coefficient (Wildman–Crippen LogP) is 4.75. The van der Waals surface area contributed by atoms with Gasteiger partial charge in [-0.2, -0.15) is 5.26 Å². The number of nitrogens with one attached hydrogen (secondary N) is 1. The van der Waals surface area contributed by atoms with Crippen LogP contribution in [0.5, 0.6) is 0 Å². The fourth-order valence-corrected chi connectivity index (χ4v) is 11.1. The maximum absolute atomic E-state index is 14.7. The summed E-state index contributed by atoms with van der Waals surface area (Å²) in [5, 5.41) is 22.7. The average Bonchev–Trinajstić information content (AvgIpc) is 3.51. The Morgan fingerprint density at radius 2 is 1.74 bits per heavy atom.